The van der Waals surface area contributed by atoms with Crippen LogP contribution < -0.4 is 0 Å². The molecule has 2 unspecified atom stereocenters. The number of carbonyl (C=O) groups is 1. The Hall–Kier alpha value is -0.810. The molecule has 0 aromatic carbocycles. The molecule has 0 aromatic rings. The van der Waals surface area contributed by atoms with Gasteiger partial charge in [-0.3, -0.25) is 4.90 Å². The van der Waals surface area contributed by atoms with Gasteiger partial charge >= 0.3 is 6.09 Å². The Labute approximate surface area is 127 Å². The molecule has 2 atom stereocenters. The summed E-state index contributed by atoms with van der Waals surface area (Å²) in [6.07, 6.45) is 1.62. The predicted molar refractivity (Wildman–Crippen MR) is 80.1 cm³/mol. The zero-order valence-electron chi connectivity index (χ0n) is 13.9. The third kappa shape index (κ3) is 4.10. The van der Waals surface area contributed by atoms with Crippen molar-refractivity contribution in [2.24, 2.45) is 5.92 Å². The van der Waals surface area contributed by atoms with E-state index < -0.39 is 11.2 Å². The molecule has 1 N–H and O–H groups in total. The van der Waals surface area contributed by atoms with Gasteiger partial charge in [-0.15, -0.1) is 0 Å². The van der Waals surface area contributed by atoms with Crippen LogP contribution in [0.15, 0.2) is 0 Å². The van der Waals surface area contributed by atoms with Crippen molar-refractivity contribution in [3.8, 4) is 0 Å². The van der Waals surface area contributed by atoms with E-state index in [0.717, 1.165) is 6.42 Å². The van der Waals surface area contributed by atoms with Crippen LogP contribution in [0.25, 0.3) is 0 Å². The largest absolute Gasteiger partial charge is 0.444 e. The second-order valence-corrected chi connectivity index (χ2v) is 7.96. The van der Waals surface area contributed by atoms with Gasteiger partial charge in [0.25, 0.3) is 0 Å². The highest BCUT2D eigenvalue weighted by molar-refractivity contribution is 5.69. The van der Waals surface area contributed by atoms with Crippen LogP contribution in [-0.4, -0.2) is 52.6 Å². The lowest BCUT2D eigenvalue weighted by atomic mass is 9.77. The lowest BCUT2D eigenvalue weighted by Gasteiger charge is -2.51. The summed E-state index contributed by atoms with van der Waals surface area (Å²) in [5.41, 5.74) is -1.19. The fourth-order valence-electron chi connectivity index (χ4n) is 3.61. The van der Waals surface area contributed by atoms with E-state index in [0.29, 0.717) is 32.0 Å². The highest BCUT2D eigenvalue weighted by Gasteiger charge is 2.49. The lowest BCUT2D eigenvalue weighted by molar-refractivity contribution is -0.142. The average molecular weight is 299 g/mol. The van der Waals surface area contributed by atoms with Crippen LogP contribution in [0.2, 0.25) is 0 Å². The third-order valence-corrected chi connectivity index (χ3v) is 4.03. The summed E-state index contributed by atoms with van der Waals surface area (Å²) >= 11 is 0. The van der Waals surface area contributed by atoms with Gasteiger partial charge in [0, 0.05) is 0 Å². The van der Waals surface area contributed by atoms with Crippen molar-refractivity contribution in [1.82, 2.24) is 4.90 Å². The number of fused-ring (bicyclic) bond motifs is 2. The molecular formula is C16H29NO4. The van der Waals surface area contributed by atoms with E-state index in [-0.39, 0.29) is 18.2 Å². The monoisotopic (exact) mass is 299 g/mol. The number of nitrogens with zero attached hydrogens (tertiary/aromatic N) is 1. The first-order valence-corrected chi connectivity index (χ1v) is 7.91. The molecule has 5 heteroatoms. The first kappa shape index (κ1) is 16.6. The Bertz CT molecular complexity index is 374. The molecule has 1 amide bonds. The standard InChI is InChI=1S/C16H29NO4/c1-11(2)6-16(19)7-12-9-20-10-13(8-16)17(12)14(18)21-15(3,4)5/h11-13,19H,6-10H2,1-5H3. The number of carbonyl (C=O) groups excluding carboxylic acids is 1. The van der Waals surface area contributed by atoms with Crippen LogP contribution >= 0.6 is 0 Å². The second-order valence-electron chi connectivity index (χ2n) is 7.96. The Morgan fingerprint density at radius 2 is 1.86 bits per heavy atom. The van der Waals surface area contributed by atoms with Crippen molar-refractivity contribution in [1.29, 1.82) is 0 Å². The Kier molecular flexibility index (Phi) is 4.54. The fraction of sp³-hybridized carbons (Fsp3) is 0.938. The van der Waals surface area contributed by atoms with E-state index in [2.05, 4.69) is 13.8 Å². The number of aliphatic hydroxyl groups is 1. The first-order valence-electron chi connectivity index (χ1n) is 7.91. The fourth-order valence-corrected chi connectivity index (χ4v) is 3.61. The molecule has 0 saturated carbocycles. The number of piperidine rings is 1. The minimum Gasteiger partial charge on any atom is -0.444 e. The van der Waals surface area contributed by atoms with Crippen LogP contribution in [-0.2, 0) is 9.47 Å². The summed E-state index contributed by atoms with van der Waals surface area (Å²) in [5, 5.41) is 10.8. The number of amides is 1. The summed E-state index contributed by atoms with van der Waals surface area (Å²) in [6, 6.07) is -0.174. The molecule has 2 aliphatic heterocycles. The van der Waals surface area contributed by atoms with Crippen molar-refractivity contribution in [2.45, 2.75) is 77.2 Å². The van der Waals surface area contributed by atoms with Gasteiger partial charge in [-0.2, -0.15) is 0 Å². The minimum absolute atomic E-state index is 0.0869. The van der Waals surface area contributed by atoms with Gasteiger partial charge in [0.2, 0.25) is 0 Å². The van der Waals surface area contributed by atoms with Crippen molar-refractivity contribution in [2.75, 3.05) is 13.2 Å². The topological polar surface area (TPSA) is 59.0 Å². The molecule has 0 aromatic heterocycles. The van der Waals surface area contributed by atoms with E-state index in [1.807, 2.05) is 20.8 Å². The molecule has 0 aliphatic carbocycles. The molecule has 5 nitrogen and oxygen atoms in total. The molecule has 2 bridgehead atoms. The minimum atomic E-state index is -0.689. The average Bonchev–Trinajstić information content (AvgIpc) is 2.22. The van der Waals surface area contributed by atoms with Crippen LogP contribution in [0, 0.1) is 5.92 Å². The Morgan fingerprint density at radius 3 is 2.29 bits per heavy atom. The van der Waals surface area contributed by atoms with Gasteiger partial charge in [-0.05, 0) is 46.0 Å². The van der Waals surface area contributed by atoms with E-state index in [1.54, 1.807) is 4.90 Å². The van der Waals surface area contributed by atoms with E-state index >= 15 is 0 Å². The first-order chi connectivity index (χ1) is 9.60. The summed E-state index contributed by atoms with van der Waals surface area (Å²) in [5.74, 6) is 0.435. The van der Waals surface area contributed by atoms with Gasteiger partial charge < -0.3 is 14.6 Å². The molecule has 2 aliphatic rings. The van der Waals surface area contributed by atoms with E-state index in [9.17, 15) is 9.90 Å². The van der Waals surface area contributed by atoms with Gasteiger partial charge in [0.05, 0.1) is 30.9 Å². The molecule has 2 rings (SSSR count). The van der Waals surface area contributed by atoms with Gasteiger partial charge in [0.1, 0.15) is 5.60 Å². The number of hydrogen-bond acceptors (Lipinski definition) is 4. The Balaban J connectivity index is 2.11. The zero-order valence-corrected chi connectivity index (χ0v) is 13.9. The molecule has 0 spiro atoms. The van der Waals surface area contributed by atoms with Crippen molar-refractivity contribution < 1.29 is 19.4 Å². The van der Waals surface area contributed by atoms with Crippen molar-refractivity contribution >= 4 is 6.09 Å². The van der Waals surface area contributed by atoms with Crippen molar-refractivity contribution in [3.05, 3.63) is 0 Å². The predicted octanol–water partition coefficient (Wildman–Crippen LogP) is 2.56. The van der Waals surface area contributed by atoms with E-state index in [4.69, 9.17) is 9.47 Å². The summed E-state index contributed by atoms with van der Waals surface area (Å²) in [4.78, 5) is 14.2. The highest BCUT2D eigenvalue weighted by atomic mass is 16.6. The number of rotatable bonds is 2. The van der Waals surface area contributed by atoms with E-state index in [1.165, 1.54) is 0 Å². The Morgan fingerprint density at radius 1 is 1.33 bits per heavy atom. The molecule has 21 heavy (non-hydrogen) atoms. The molecule has 2 heterocycles. The maximum atomic E-state index is 12.4. The summed E-state index contributed by atoms with van der Waals surface area (Å²) in [7, 11) is 0. The van der Waals surface area contributed by atoms with Gasteiger partial charge in [-0.1, -0.05) is 13.8 Å². The molecular weight excluding hydrogens is 270 g/mol. The molecule has 2 fully saturated rings. The normalized spacial score (nSPS) is 33.2. The van der Waals surface area contributed by atoms with Crippen molar-refractivity contribution in [3.63, 3.8) is 0 Å². The maximum Gasteiger partial charge on any atom is 0.410 e. The van der Waals surface area contributed by atoms with Gasteiger partial charge in [0.15, 0.2) is 0 Å². The highest BCUT2D eigenvalue weighted by Crippen LogP contribution is 2.38. The molecule has 122 valence electrons. The summed E-state index contributed by atoms with van der Waals surface area (Å²) < 4.78 is 11.1. The number of morpholine rings is 1. The van der Waals surface area contributed by atoms with Crippen LogP contribution in [0.5, 0.6) is 0 Å². The lowest BCUT2D eigenvalue weighted by Crippen LogP contribution is -2.64. The smallest absolute Gasteiger partial charge is 0.410 e. The van der Waals surface area contributed by atoms with Crippen LogP contribution in [0.4, 0.5) is 4.79 Å². The maximum absolute atomic E-state index is 12.4. The van der Waals surface area contributed by atoms with Crippen LogP contribution in [0.1, 0.15) is 53.9 Å². The molecule has 0 radical (unpaired) electrons. The SMILES string of the molecule is CC(C)CC1(O)CC2COCC(C1)N2C(=O)OC(C)(C)C. The molecule has 2 saturated heterocycles. The van der Waals surface area contributed by atoms with Crippen LogP contribution in [0.3, 0.4) is 0 Å². The quantitative estimate of drug-likeness (QED) is 0.851. The number of ether oxygens (including phenoxy) is 2. The number of hydrogen-bond donors (Lipinski definition) is 1. The zero-order chi connectivity index (χ0) is 15.8. The van der Waals surface area contributed by atoms with Gasteiger partial charge in [-0.25, -0.2) is 4.79 Å². The second kappa shape index (κ2) is 5.76. The third-order valence-electron chi connectivity index (χ3n) is 4.03. The summed E-state index contributed by atoms with van der Waals surface area (Å²) in [6.45, 7) is 10.8.